The molecule has 21 heavy (non-hydrogen) atoms. The highest BCUT2D eigenvalue weighted by Gasteiger charge is 2.38. The molecule has 2 rings (SSSR count). The van der Waals surface area contributed by atoms with Crippen LogP contribution in [0.15, 0.2) is 60.7 Å². The molecular weight excluding hydrogens is 260 g/mol. The molecule has 0 aliphatic heterocycles. The van der Waals surface area contributed by atoms with Crippen molar-refractivity contribution in [2.24, 2.45) is 0 Å². The van der Waals surface area contributed by atoms with Gasteiger partial charge in [0.2, 0.25) is 0 Å². The Balaban J connectivity index is 2.43. The van der Waals surface area contributed by atoms with Gasteiger partial charge in [-0.2, -0.15) is 0 Å². The highest BCUT2D eigenvalue weighted by atomic mass is 16.5. The third-order valence-corrected chi connectivity index (χ3v) is 3.81. The topological polar surface area (TPSA) is 26.3 Å². The maximum atomic E-state index is 13.0. The summed E-state index contributed by atoms with van der Waals surface area (Å²) in [5.74, 6) is -0.00500. The molecule has 110 valence electrons. The second-order valence-electron chi connectivity index (χ2n) is 5.43. The number of ketones is 1. The Hall–Kier alpha value is -1.93. The summed E-state index contributed by atoms with van der Waals surface area (Å²) in [7, 11) is 0. The molecule has 0 saturated heterocycles. The number of rotatable bonds is 6. The van der Waals surface area contributed by atoms with Crippen molar-refractivity contribution in [1.82, 2.24) is 0 Å². The molecule has 0 saturated carbocycles. The molecule has 0 bridgehead atoms. The summed E-state index contributed by atoms with van der Waals surface area (Å²) in [6, 6.07) is 19.0. The van der Waals surface area contributed by atoms with Gasteiger partial charge in [-0.15, -0.1) is 0 Å². The number of benzene rings is 2. The average Bonchev–Trinajstić information content (AvgIpc) is 2.55. The summed E-state index contributed by atoms with van der Waals surface area (Å²) >= 11 is 0. The number of carbonyl (C=O) groups excluding carboxylic acids is 1. The van der Waals surface area contributed by atoms with E-state index in [0.717, 1.165) is 12.0 Å². The number of ether oxygens (including phenoxy) is 1. The second kappa shape index (κ2) is 6.68. The smallest absolute Gasteiger partial charge is 0.198 e. The van der Waals surface area contributed by atoms with Crippen molar-refractivity contribution < 1.29 is 9.53 Å². The molecule has 2 atom stereocenters. The van der Waals surface area contributed by atoms with Crippen molar-refractivity contribution in [1.29, 1.82) is 0 Å². The normalized spacial score (nSPS) is 15.2. The lowest BCUT2D eigenvalue weighted by molar-refractivity contribution is -0.0585. The lowest BCUT2D eigenvalue weighted by atomic mass is 9.87. The Kier molecular flexibility index (Phi) is 4.92. The highest BCUT2D eigenvalue weighted by molar-refractivity contribution is 6.02. The van der Waals surface area contributed by atoms with E-state index in [-0.39, 0.29) is 11.9 Å². The van der Waals surface area contributed by atoms with Crippen molar-refractivity contribution in [3.05, 3.63) is 71.8 Å². The van der Waals surface area contributed by atoms with E-state index >= 15 is 0 Å². The fourth-order valence-corrected chi connectivity index (χ4v) is 2.36. The Morgan fingerprint density at radius 2 is 1.57 bits per heavy atom. The Morgan fingerprint density at radius 3 is 2.10 bits per heavy atom. The van der Waals surface area contributed by atoms with E-state index in [0.29, 0.717) is 5.56 Å². The van der Waals surface area contributed by atoms with Crippen LogP contribution < -0.4 is 0 Å². The second-order valence-corrected chi connectivity index (χ2v) is 5.43. The first-order valence-electron chi connectivity index (χ1n) is 7.41. The van der Waals surface area contributed by atoms with Gasteiger partial charge in [0, 0.05) is 5.56 Å². The van der Waals surface area contributed by atoms with E-state index in [9.17, 15) is 4.79 Å². The van der Waals surface area contributed by atoms with Crippen molar-refractivity contribution >= 4 is 5.78 Å². The van der Waals surface area contributed by atoms with E-state index in [1.165, 1.54) is 0 Å². The number of hydrogen-bond acceptors (Lipinski definition) is 2. The summed E-state index contributed by atoms with van der Waals surface area (Å²) in [5, 5.41) is 0. The van der Waals surface area contributed by atoms with Crippen LogP contribution in [-0.2, 0) is 10.3 Å². The van der Waals surface area contributed by atoms with Gasteiger partial charge in [-0.3, -0.25) is 4.79 Å². The minimum atomic E-state index is -0.960. The van der Waals surface area contributed by atoms with Crippen molar-refractivity contribution in [3.63, 3.8) is 0 Å². The fourth-order valence-electron chi connectivity index (χ4n) is 2.36. The summed E-state index contributed by atoms with van der Waals surface area (Å²) < 4.78 is 6.14. The van der Waals surface area contributed by atoms with Gasteiger partial charge in [0.25, 0.3) is 0 Å². The van der Waals surface area contributed by atoms with Crippen molar-refractivity contribution in [2.75, 3.05) is 0 Å². The van der Waals surface area contributed by atoms with Crippen LogP contribution in [0.3, 0.4) is 0 Å². The monoisotopic (exact) mass is 282 g/mol. The first-order valence-corrected chi connectivity index (χ1v) is 7.41. The Morgan fingerprint density at radius 1 is 1.05 bits per heavy atom. The van der Waals surface area contributed by atoms with Crippen LogP contribution in [0, 0.1) is 0 Å². The minimum Gasteiger partial charge on any atom is -0.359 e. The molecule has 2 unspecified atom stereocenters. The maximum Gasteiger partial charge on any atom is 0.198 e. The first kappa shape index (κ1) is 15.5. The largest absolute Gasteiger partial charge is 0.359 e. The molecule has 0 aliphatic carbocycles. The third kappa shape index (κ3) is 3.40. The predicted molar refractivity (Wildman–Crippen MR) is 85.4 cm³/mol. The lowest BCUT2D eigenvalue weighted by Crippen LogP contribution is -2.38. The van der Waals surface area contributed by atoms with Crippen molar-refractivity contribution in [3.8, 4) is 0 Å². The minimum absolute atomic E-state index is 0.00500. The summed E-state index contributed by atoms with van der Waals surface area (Å²) in [4.78, 5) is 13.0. The highest BCUT2D eigenvalue weighted by Crippen LogP contribution is 2.31. The maximum absolute atomic E-state index is 13.0. The summed E-state index contributed by atoms with van der Waals surface area (Å²) in [6.45, 7) is 5.92. The molecule has 0 heterocycles. The summed E-state index contributed by atoms with van der Waals surface area (Å²) in [5.41, 5.74) is 0.601. The van der Waals surface area contributed by atoms with Crippen LogP contribution in [0.2, 0.25) is 0 Å². The van der Waals surface area contributed by atoms with E-state index in [1.54, 1.807) is 0 Å². The fraction of sp³-hybridized carbons (Fsp3) is 0.316. The van der Waals surface area contributed by atoms with Gasteiger partial charge in [-0.05, 0) is 25.8 Å². The van der Waals surface area contributed by atoms with Gasteiger partial charge in [0.1, 0.15) is 0 Å². The first-order chi connectivity index (χ1) is 10.1. The van der Waals surface area contributed by atoms with E-state index < -0.39 is 5.60 Å². The molecule has 0 fully saturated rings. The van der Waals surface area contributed by atoms with E-state index in [4.69, 9.17) is 4.74 Å². The SMILES string of the molecule is CCC(C)OC(C)(C(=O)c1ccccc1)c1ccccc1. The molecule has 2 aromatic rings. The van der Waals surface area contributed by atoms with Crippen molar-refractivity contribution in [2.45, 2.75) is 38.9 Å². The average molecular weight is 282 g/mol. The zero-order valence-corrected chi connectivity index (χ0v) is 12.9. The Bertz CT molecular complexity index is 577. The molecule has 2 aromatic carbocycles. The van der Waals surface area contributed by atoms with Gasteiger partial charge in [-0.1, -0.05) is 67.6 Å². The van der Waals surface area contributed by atoms with Gasteiger partial charge in [-0.25, -0.2) is 0 Å². The quantitative estimate of drug-likeness (QED) is 0.724. The molecule has 0 spiro atoms. The molecular formula is C19H22O2. The number of Topliss-reactive ketones (excluding diaryl/α,β-unsaturated/α-hetero) is 1. The molecule has 2 heteroatoms. The van der Waals surface area contributed by atoms with Crippen LogP contribution in [0.1, 0.15) is 43.1 Å². The van der Waals surface area contributed by atoms with Crippen LogP contribution in [0.25, 0.3) is 0 Å². The van der Waals surface area contributed by atoms with Gasteiger partial charge in [0.15, 0.2) is 11.4 Å². The molecule has 2 nitrogen and oxygen atoms in total. The van der Waals surface area contributed by atoms with E-state index in [1.807, 2.05) is 74.5 Å². The predicted octanol–water partition coefficient (Wildman–Crippen LogP) is 4.60. The van der Waals surface area contributed by atoms with Gasteiger partial charge < -0.3 is 4.74 Å². The standard InChI is InChI=1S/C19H22O2/c1-4-15(2)21-19(3,17-13-9-6-10-14-17)18(20)16-11-7-5-8-12-16/h5-15H,4H2,1-3H3. The molecule has 0 aromatic heterocycles. The summed E-state index contributed by atoms with van der Waals surface area (Å²) in [6.07, 6.45) is 0.882. The number of carbonyl (C=O) groups is 1. The lowest BCUT2D eigenvalue weighted by Gasteiger charge is -2.32. The van der Waals surface area contributed by atoms with E-state index in [2.05, 4.69) is 6.92 Å². The van der Waals surface area contributed by atoms with Crippen LogP contribution in [0.5, 0.6) is 0 Å². The third-order valence-electron chi connectivity index (χ3n) is 3.81. The van der Waals surface area contributed by atoms with Crippen LogP contribution >= 0.6 is 0 Å². The molecule has 0 amide bonds. The van der Waals surface area contributed by atoms with Crippen LogP contribution in [-0.4, -0.2) is 11.9 Å². The molecule has 0 aliphatic rings. The molecule has 0 radical (unpaired) electrons. The molecule has 0 N–H and O–H groups in total. The van der Waals surface area contributed by atoms with Crippen LogP contribution in [0.4, 0.5) is 0 Å². The number of hydrogen-bond donors (Lipinski definition) is 0. The Labute approximate surface area is 126 Å². The zero-order valence-electron chi connectivity index (χ0n) is 12.9. The van der Waals surface area contributed by atoms with Gasteiger partial charge in [0.05, 0.1) is 6.10 Å². The zero-order chi connectivity index (χ0) is 15.3. The van der Waals surface area contributed by atoms with Gasteiger partial charge >= 0.3 is 0 Å².